The second-order valence-corrected chi connectivity index (χ2v) is 9.59. The lowest BCUT2D eigenvalue weighted by Gasteiger charge is -2.26. The molecule has 1 aliphatic heterocycles. The van der Waals surface area contributed by atoms with Crippen molar-refractivity contribution in [2.24, 2.45) is 0 Å². The molecule has 0 bridgehead atoms. The molecule has 0 aliphatic carbocycles. The first-order valence-electron chi connectivity index (χ1n) is 10.2. The van der Waals surface area contributed by atoms with E-state index in [1.54, 1.807) is 11.8 Å². The summed E-state index contributed by atoms with van der Waals surface area (Å²) in [6, 6.07) is 17.7. The standard InChI is InChI=1S/C23H25ClN4OS2/c1-27(2)14-5-15-28-22(21(26-23(28)30)18-6-3-4-13-25-18)19-11-12-20(29-19)31-17-9-7-16(24)8-10-17/h3-4,6-13,21-22H,5,14-15H2,1-2H3,(H,26,30)/t21-,22+/m1/s1. The maximum Gasteiger partial charge on any atom is 0.170 e. The van der Waals surface area contributed by atoms with Gasteiger partial charge in [-0.05, 0) is 87.8 Å². The molecule has 2 aromatic heterocycles. The van der Waals surface area contributed by atoms with Crippen LogP contribution in [0.2, 0.25) is 5.02 Å². The number of hydrogen-bond donors (Lipinski definition) is 1. The van der Waals surface area contributed by atoms with Gasteiger partial charge in [0.05, 0.1) is 11.7 Å². The van der Waals surface area contributed by atoms with Gasteiger partial charge in [0, 0.05) is 22.7 Å². The van der Waals surface area contributed by atoms with E-state index in [0.717, 1.165) is 51.1 Å². The van der Waals surface area contributed by atoms with Crippen molar-refractivity contribution < 1.29 is 4.42 Å². The molecular formula is C23H25ClN4OS2. The van der Waals surface area contributed by atoms with Crippen molar-refractivity contribution in [3.05, 3.63) is 77.3 Å². The number of benzene rings is 1. The summed E-state index contributed by atoms with van der Waals surface area (Å²) in [5.41, 5.74) is 0.952. The van der Waals surface area contributed by atoms with Gasteiger partial charge in [-0.25, -0.2) is 0 Å². The fraction of sp³-hybridized carbons (Fsp3) is 0.304. The van der Waals surface area contributed by atoms with Gasteiger partial charge >= 0.3 is 0 Å². The van der Waals surface area contributed by atoms with Crippen molar-refractivity contribution in [1.82, 2.24) is 20.1 Å². The molecule has 0 spiro atoms. The van der Waals surface area contributed by atoms with E-state index in [1.807, 2.05) is 60.8 Å². The van der Waals surface area contributed by atoms with Crippen LogP contribution in [0.1, 0.15) is 30.0 Å². The third kappa shape index (κ3) is 5.41. The van der Waals surface area contributed by atoms with Crippen LogP contribution in [0, 0.1) is 0 Å². The molecule has 162 valence electrons. The van der Waals surface area contributed by atoms with Crippen LogP contribution in [0.15, 0.2) is 75.2 Å². The van der Waals surface area contributed by atoms with Crippen LogP contribution < -0.4 is 5.32 Å². The van der Waals surface area contributed by atoms with E-state index in [9.17, 15) is 0 Å². The smallest absolute Gasteiger partial charge is 0.170 e. The Morgan fingerprint density at radius 3 is 2.68 bits per heavy atom. The van der Waals surface area contributed by atoms with Gasteiger partial charge in [0.2, 0.25) is 0 Å². The Labute approximate surface area is 197 Å². The summed E-state index contributed by atoms with van der Waals surface area (Å²) in [7, 11) is 4.17. The lowest BCUT2D eigenvalue weighted by Crippen LogP contribution is -2.32. The van der Waals surface area contributed by atoms with Gasteiger partial charge in [-0.3, -0.25) is 4.98 Å². The van der Waals surface area contributed by atoms with Crippen molar-refractivity contribution in [1.29, 1.82) is 0 Å². The maximum absolute atomic E-state index is 6.31. The highest BCUT2D eigenvalue weighted by molar-refractivity contribution is 7.99. The topological polar surface area (TPSA) is 44.5 Å². The molecule has 31 heavy (non-hydrogen) atoms. The number of rotatable bonds is 8. The summed E-state index contributed by atoms with van der Waals surface area (Å²) in [6.45, 7) is 1.84. The highest BCUT2D eigenvalue weighted by Gasteiger charge is 2.41. The number of nitrogens with zero attached hydrogens (tertiary/aromatic N) is 3. The fourth-order valence-electron chi connectivity index (χ4n) is 3.68. The van der Waals surface area contributed by atoms with Crippen LogP contribution in [0.25, 0.3) is 0 Å². The van der Waals surface area contributed by atoms with Gasteiger partial charge in [-0.1, -0.05) is 29.4 Å². The molecule has 1 N–H and O–H groups in total. The molecular weight excluding hydrogens is 448 g/mol. The van der Waals surface area contributed by atoms with Crippen LogP contribution in [-0.4, -0.2) is 47.1 Å². The molecule has 4 rings (SSSR count). The molecule has 5 nitrogen and oxygen atoms in total. The summed E-state index contributed by atoms with van der Waals surface area (Å²) in [5.74, 6) is 0.879. The van der Waals surface area contributed by atoms with E-state index in [1.165, 1.54) is 0 Å². The minimum Gasteiger partial charge on any atom is -0.452 e. The molecule has 3 heterocycles. The molecule has 0 unspecified atom stereocenters. The van der Waals surface area contributed by atoms with Crippen molar-refractivity contribution in [2.45, 2.75) is 28.5 Å². The Balaban J connectivity index is 1.59. The normalized spacial score (nSPS) is 18.6. The highest BCUT2D eigenvalue weighted by atomic mass is 35.5. The largest absolute Gasteiger partial charge is 0.452 e. The molecule has 0 radical (unpaired) electrons. The second-order valence-electron chi connectivity index (χ2n) is 7.69. The number of pyridine rings is 1. The number of furan rings is 1. The minimum atomic E-state index is -0.0624. The predicted octanol–water partition coefficient (Wildman–Crippen LogP) is 5.40. The molecule has 1 aliphatic rings. The first kappa shape index (κ1) is 22.1. The monoisotopic (exact) mass is 472 g/mol. The summed E-state index contributed by atoms with van der Waals surface area (Å²) >= 11 is 13.3. The first-order valence-corrected chi connectivity index (χ1v) is 11.8. The lowest BCUT2D eigenvalue weighted by atomic mass is 10.0. The Morgan fingerprint density at radius 2 is 1.97 bits per heavy atom. The quantitative estimate of drug-likeness (QED) is 0.440. The van der Waals surface area contributed by atoms with Gasteiger partial charge in [-0.2, -0.15) is 0 Å². The molecule has 0 saturated carbocycles. The van der Waals surface area contributed by atoms with E-state index < -0.39 is 0 Å². The van der Waals surface area contributed by atoms with Gasteiger partial charge < -0.3 is 19.5 Å². The van der Waals surface area contributed by atoms with E-state index in [0.29, 0.717) is 0 Å². The Morgan fingerprint density at radius 1 is 1.16 bits per heavy atom. The first-order chi connectivity index (χ1) is 15.0. The average molecular weight is 473 g/mol. The van der Waals surface area contributed by atoms with Gasteiger partial charge in [0.1, 0.15) is 11.8 Å². The van der Waals surface area contributed by atoms with Crippen molar-refractivity contribution >= 4 is 40.7 Å². The number of aromatic nitrogens is 1. The molecule has 3 aromatic rings. The van der Waals surface area contributed by atoms with Crippen LogP contribution in [-0.2, 0) is 0 Å². The van der Waals surface area contributed by atoms with Crippen LogP contribution in [0.4, 0.5) is 0 Å². The molecule has 1 aromatic carbocycles. The second kappa shape index (κ2) is 10.0. The van der Waals surface area contributed by atoms with Crippen molar-refractivity contribution in [3.8, 4) is 0 Å². The highest BCUT2D eigenvalue weighted by Crippen LogP contribution is 2.41. The Bertz CT molecular complexity index is 1010. The van der Waals surface area contributed by atoms with Crippen molar-refractivity contribution in [2.75, 3.05) is 27.2 Å². The molecule has 1 saturated heterocycles. The zero-order valence-electron chi connectivity index (χ0n) is 17.5. The molecule has 2 atom stereocenters. The van der Waals surface area contributed by atoms with Crippen LogP contribution in [0.3, 0.4) is 0 Å². The molecule has 1 fully saturated rings. The Kier molecular flexibility index (Phi) is 7.17. The third-order valence-electron chi connectivity index (χ3n) is 5.13. The SMILES string of the molecule is CN(C)CCCN1C(=S)N[C@H](c2ccccn2)[C@@H]1c1ccc(Sc2ccc(Cl)cc2)o1. The van der Waals surface area contributed by atoms with E-state index in [-0.39, 0.29) is 12.1 Å². The third-order valence-corrected chi connectivity index (χ3v) is 6.66. The van der Waals surface area contributed by atoms with Crippen molar-refractivity contribution in [3.63, 3.8) is 0 Å². The summed E-state index contributed by atoms with van der Waals surface area (Å²) in [4.78, 5) is 10.1. The summed E-state index contributed by atoms with van der Waals surface area (Å²) < 4.78 is 6.31. The zero-order valence-corrected chi connectivity index (χ0v) is 19.9. The van der Waals surface area contributed by atoms with E-state index in [4.69, 9.17) is 28.2 Å². The number of halogens is 1. The van der Waals surface area contributed by atoms with Gasteiger partial charge in [0.25, 0.3) is 0 Å². The number of nitrogens with one attached hydrogen (secondary N) is 1. The average Bonchev–Trinajstić information content (AvgIpc) is 3.34. The van der Waals surface area contributed by atoms with Gasteiger partial charge in [-0.15, -0.1) is 0 Å². The minimum absolute atomic E-state index is 0.0517. The number of thiocarbonyl (C=S) groups is 1. The van der Waals surface area contributed by atoms with Crippen LogP contribution in [0.5, 0.6) is 0 Å². The molecule has 0 amide bonds. The molecule has 8 heteroatoms. The predicted molar refractivity (Wildman–Crippen MR) is 130 cm³/mol. The lowest BCUT2D eigenvalue weighted by molar-refractivity contribution is 0.249. The maximum atomic E-state index is 6.31. The number of hydrogen-bond acceptors (Lipinski definition) is 5. The Hall–Kier alpha value is -2.06. The van der Waals surface area contributed by atoms with E-state index >= 15 is 0 Å². The van der Waals surface area contributed by atoms with Crippen LogP contribution >= 0.6 is 35.6 Å². The summed E-state index contributed by atoms with van der Waals surface area (Å²) in [6.07, 6.45) is 2.82. The zero-order chi connectivity index (χ0) is 21.8. The summed E-state index contributed by atoms with van der Waals surface area (Å²) in [5, 5.41) is 5.77. The van der Waals surface area contributed by atoms with E-state index in [2.05, 4.69) is 34.2 Å². The fourth-order valence-corrected chi connectivity index (χ4v) is 4.92. The van der Waals surface area contributed by atoms with Gasteiger partial charge in [0.15, 0.2) is 10.2 Å².